The second kappa shape index (κ2) is 10.8. The molecule has 5 rings (SSSR count). The van der Waals surface area contributed by atoms with Crippen LogP contribution in [0, 0.1) is 12.7 Å². The predicted molar refractivity (Wildman–Crippen MR) is 134 cm³/mol. The van der Waals surface area contributed by atoms with Crippen LogP contribution < -0.4 is 15.2 Å². The molecule has 182 valence electrons. The Labute approximate surface area is 211 Å². The fourth-order valence-electron chi connectivity index (χ4n) is 3.27. The molecule has 0 aliphatic carbocycles. The smallest absolute Gasteiger partial charge is 0.267 e. The summed E-state index contributed by atoms with van der Waals surface area (Å²) in [6.07, 6.45) is 1.62. The van der Waals surface area contributed by atoms with Crippen LogP contribution in [-0.2, 0) is 0 Å². The van der Waals surface area contributed by atoms with E-state index in [0.29, 0.717) is 28.0 Å². The maximum Gasteiger partial charge on any atom is 0.267 e. The van der Waals surface area contributed by atoms with Crippen molar-refractivity contribution in [2.24, 2.45) is 5.73 Å². The number of nitrogens with zero attached hydrogens (tertiary/aromatic N) is 4. The maximum absolute atomic E-state index is 13.5. The second-order valence-corrected chi connectivity index (χ2v) is 7.90. The molecule has 0 saturated heterocycles. The lowest BCUT2D eigenvalue weighted by molar-refractivity contribution is 0.0995. The summed E-state index contributed by atoms with van der Waals surface area (Å²) in [4.78, 5) is 19.5. The zero-order valence-electron chi connectivity index (χ0n) is 19.4. The molecular weight excluding hydrogens is 485 g/mol. The van der Waals surface area contributed by atoms with E-state index in [2.05, 4.69) is 15.1 Å². The van der Waals surface area contributed by atoms with Gasteiger partial charge in [-0.2, -0.15) is 9.61 Å². The molecule has 3 heterocycles. The molecule has 0 aliphatic heterocycles. The molecular formula is C26H21ClFN5O3. The number of methoxy groups -OCH3 is 1. The summed E-state index contributed by atoms with van der Waals surface area (Å²) in [6.45, 7) is 1.85. The molecule has 1 amide bonds. The van der Waals surface area contributed by atoms with Crippen molar-refractivity contribution >= 4 is 23.2 Å². The van der Waals surface area contributed by atoms with E-state index in [0.717, 1.165) is 11.3 Å². The average molecular weight is 506 g/mol. The highest BCUT2D eigenvalue weighted by atomic mass is 35.5. The number of fused-ring (bicyclic) bond motifs is 1. The molecule has 36 heavy (non-hydrogen) atoms. The van der Waals surface area contributed by atoms with Gasteiger partial charge in [0.15, 0.2) is 17.2 Å². The lowest BCUT2D eigenvalue weighted by atomic mass is 10.1. The number of carbonyl (C=O) groups excluding carboxylic acids is 1. The van der Waals surface area contributed by atoms with Crippen molar-refractivity contribution in [3.05, 3.63) is 101 Å². The van der Waals surface area contributed by atoms with E-state index in [-0.39, 0.29) is 11.4 Å². The molecule has 0 spiro atoms. The van der Waals surface area contributed by atoms with Crippen molar-refractivity contribution in [2.45, 2.75) is 6.92 Å². The number of aryl methyl sites for hydroxylation is 1. The standard InChI is InChI=1S/C13H11ClN2O2.C13H10FN3O/c1-18-12-6-5-8(7-9(12)14)10-3-2-4-11(16-10)13(15)17;1-9-8-13(17-12(16-9)6-7-15-17)18-11-5-3-2-4-10(11)14/h2-7H,1H3,(H2,15,17);2-8H,1H3. The number of benzene rings is 2. The Bertz CT molecular complexity index is 1540. The maximum atomic E-state index is 13.5. The number of halogens is 2. The first-order valence-corrected chi connectivity index (χ1v) is 11.1. The van der Waals surface area contributed by atoms with Crippen molar-refractivity contribution < 1.29 is 18.7 Å². The first kappa shape index (κ1) is 24.6. The molecule has 0 unspecified atom stereocenters. The normalized spacial score (nSPS) is 10.4. The highest BCUT2D eigenvalue weighted by Gasteiger charge is 2.10. The third-order valence-corrected chi connectivity index (χ3v) is 5.25. The van der Waals surface area contributed by atoms with Gasteiger partial charge in [0.25, 0.3) is 5.91 Å². The van der Waals surface area contributed by atoms with Crippen molar-refractivity contribution in [1.29, 1.82) is 0 Å². The van der Waals surface area contributed by atoms with Gasteiger partial charge in [0.05, 0.1) is 24.0 Å². The number of ether oxygens (including phenoxy) is 2. The van der Waals surface area contributed by atoms with Gasteiger partial charge in [0, 0.05) is 23.4 Å². The number of hydrogen-bond donors (Lipinski definition) is 1. The van der Waals surface area contributed by atoms with Crippen LogP contribution in [0.2, 0.25) is 5.02 Å². The van der Waals surface area contributed by atoms with Crippen LogP contribution in [0.1, 0.15) is 16.2 Å². The lowest BCUT2D eigenvalue weighted by Crippen LogP contribution is -2.12. The topological polar surface area (TPSA) is 105 Å². The first-order valence-electron chi connectivity index (χ1n) is 10.7. The largest absolute Gasteiger partial charge is 0.495 e. The molecule has 10 heteroatoms. The summed E-state index contributed by atoms with van der Waals surface area (Å²) < 4.78 is 25.7. The van der Waals surface area contributed by atoms with Gasteiger partial charge >= 0.3 is 0 Å². The number of hydrogen-bond acceptors (Lipinski definition) is 6. The molecule has 2 aromatic carbocycles. The molecule has 0 fully saturated rings. The van der Waals surface area contributed by atoms with Crippen LogP contribution in [0.15, 0.2) is 79.0 Å². The second-order valence-electron chi connectivity index (χ2n) is 7.49. The van der Waals surface area contributed by atoms with Crippen molar-refractivity contribution in [1.82, 2.24) is 19.6 Å². The summed E-state index contributed by atoms with van der Waals surface area (Å²) in [5.41, 5.74) is 8.30. The fraction of sp³-hybridized carbons (Fsp3) is 0.0769. The Morgan fingerprint density at radius 3 is 2.53 bits per heavy atom. The Kier molecular flexibility index (Phi) is 7.41. The Morgan fingerprint density at radius 1 is 1.00 bits per heavy atom. The highest BCUT2D eigenvalue weighted by molar-refractivity contribution is 6.32. The van der Waals surface area contributed by atoms with Gasteiger partial charge in [0.2, 0.25) is 5.88 Å². The highest BCUT2D eigenvalue weighted by Crippen LogP contribution is 2.29. The minimum absolute atomic E-state index is 0.167. The number of rotatable bonds is 5. The van der Waals surface area contributed by atoms with E-state index in [4.69, 9.17) is 26.8 Å². The van der Waals surface area contributed by atoms with Crippen LogP contribution >= 0.6 is 11.6 Å². The molecule has 5 aromatic rings. The van der Waals surface area contributed by atoms with E-state index < -0.39 is 11.7 Å². The van der Waals surface area contributed by atoms with Crippen LogP contribution in [0.4, 0.5) is 4.39 Å². The number of aromatic nitrogens is 4. The molecule has 0 bridgehead atoms. The molecule has 0 aliphatic rings. The number of carbonyl (C=O) groups is 1. The number of pyridine rings is 1. The van der Waals surface area contributed by atoms with E-state index in [1.807, 2.05) is 13.0 Å². The third kappa shape index (κ3) is 5.59. The molecule has 0 atom stereocenters. The SMILES string of the molecule is COc1ccc(-c2cccc(C(N)=O)n2)cc1Cl.Cc1cc(Oc2ccccc2F)n2nccc2n1. The number of nitrogens with two attached hydrogens (primary N) is 1. The van der Waals surface area contributed by atoms with E-state index in [1.54, 1.807) is 74.0 Å². The molecule has 0 radical (unpaired) electrons. The van der Waals surface area contributed by atoms with Gasteiger partial charge in [0.1, 0.15) is 11.4 Å². The van der Waals surface area contributed by atoms with E-state index in [9.17, 15) is 9.18 Å². The zero-order valence-corrected chi connectivity index (χ0v) is 20.1. The van der Waals surface area contributed by atoms with Crippen LogP contribution in [-0.4, -0.2) is 32.6 Å². The fourth-order valence-corrected chi connectivity index (χ4v) is 3.53. The van der Waals surface area contributed by atoms with Crippen LogP contribution in [0.5, 0.6) is 17.4 Å². The van der Waals surface area contributed by atoms with Crippen molar-refractivity contribution in [3.8, 4) is 28.6 Å². The summed E-state index contributed by atoms with van der Waals surface area (Å²) in [7, 11) is 1.55. The molecule has 2 N–H and O–H groups in total. The van der Waals surface area contributed by atoms with E-state index in [1.165, 1.54) is 10.6 Å². The van der Waals surface area contributed by atoms with Gasteiger partial charge in [-0.05, 0) is 49.4 Å². The Hall–Kier alpha value is -4.50. The van der Waals surface area contributed by atoms with E-state index >= 15 is 0 Å². The van der Waals surface area contributed by atoms with Gasteiger partial charge in [-0.15, -0.1) is 0 Å². The lowest BCUT2D eigenvalue weighted by Gasteiger charge is -2.08. The summed E-state index contributed by atoms with van der Waals surface area (Å²) in [5, 5.41) is 4.58. The first-order chi connectivity index (χ1) is 17.4. The minimum atomic E-state index is -0.559. The van der Waals surface area contributed by atoms with Gasteiger partial charge in [-0.25, -0.2) is 14.4 Å². The van der Waals surface area contributed by atoms with Gasteiger partial charge in [-0.1, -0.05) is 29.8 Å². The predicted octanol–water partition coefficient (Wildman–Crippen LogP) is 5.48. The number of primary amides is 1. The monoisotopic (exact) mass is 505 g/mol. The Morgan fingerprint density at radius 2 is 1.81 bits per heavy atom. The third-order valence-electron chi connectivity index (χ3n) is 4.96. The molecule has 3 aromatic heterocycles. The van der Waals surface area contributed by atoms with Crippen molar-refractivity contribution in [2.75, 3.05) is 7.11 Å². The van der Waals surface area contributed by atoms with Crippen molar-refractivity contribution in [3.63, 3.8) is 0 Å². The number of amides is 1. The quantitative estimate of drug-likeness (QED) is 0.339. The summed E-state index contributed by atoms with van der Waals surface area (Å²) in [5.74, 6) is 0.225. The molecule has 0 saturated carbocycles. The molecule has 8 nitrogen and oxygen atoms in total. The van der Waals surface area contributed by atoms with Gasteiger partial charge in [-0.3, -0.25) is 4.79 Å². The minimum Gasteiger partial charge on any atom is -0.495 e. The zero-order chi connectivity index (χ0) is 25.7. The summed E-state index contributed by atoms with van der Waals surface area (Å²) in [6, 6.07) is 20.1. The number of para-hydroxylation sites is 1. The van der Waals surface area contributed by atoms with Crippen LogP contribution in [0.25, 0.3) is 16.9 Å². The summed E-state index contributed by atoms with van der Waals surface area (Å²) >= 11 is 6.04. The Balaban J connectivity index is 0.000000169. The van der Waals surface area contributed by atoms with Crippen LogP contribution in [0.3, 0.4) is 0 Å². The van der Waals surface area contributed by atoms with Gasteiger partial charge < -0.3 is 15.2 Å². The average Bonchev–Trinajstić information content (AvgIpc) is 3.34.